The van der Waals surface area contributed by atoms with E-state index in [2.05, 4.69) is 18.3 Å². The zero-order valence-corrected chi connectivity index (χ0v) is 14.0. The van der Waals surface area contributed by atoms with Crippen molar-refractivity contribution in [1.82, 2.24) is 0 Å². The highest BCUT2D eigenvalue weighted by Crippen LogP contribution is 2.22. The van der Waals surface area contributed by atoms with Crippen LogP contribution in [0.25, 0.3) is 10.8 Å². The van der Waals surface area contributed by atoms with Crippen LogP contribution in [0.1, 0.15) is 18.1 Å². The lowest BCUT2D eigenvalue weighted by Crippen LogP contribution is -2.21. The molecule has 1 N–H and O–H groups in total. The average molecular weight is 319 g/mol. The van der Waals surface area contributed by atoms with Crippen molar-refractivity contribution in [3.05, 3.63) is 71.8 Å². The summed E-state index contributed by atoms with van der Waals surface area (Å²) in [6.07, 6.45) is 0.878. The average Bonchev–Trinajstić information content (AvgIpc) is 2.61. The molecule has 122 valence electrons. The molecule has 0 bridgehead atoms. The Kier molecular flexibility index (Phi) is 4.80. The number of nitrogens with one attached hydrogen (secondary N) is 1. The third kappa shape index (κ3) is 3.57. The minimum Gasteiger partial charge on any atom is -0.484 e. The van der Waals surface area contributed by atoms with E-state index in [4.69, 9.17) is 4.74 Å². The molecule has 3 heteroatoms. The molecule has 0 spiro atoms. The van der Waals surface area contributed by atoms with Gasteiger partial charge < -0.3 is 10.1 Å². The van der Waals surface area contributed by atoms with E-state index in [1.165, 1.54) is 0 Å². The Balaban J connectivity index is 1.67. The Morgan fingerprint density at radius 1 is 1.00 bits per heavy atom. The summed E-state index contributed by atoms with van der Waals surface area (Å²) in [7, 11) is 0. The second kappa shape index (κ2) is 7.18. The minimum atomic E-state index is -0.146. The Hall–Kier alpha value is -2.81. The smallest absolute Gasteiger partial charge is 0.262 e. The Morgan fingerprint density at radius 3 is 2.58 bits per heavy atom. The lowest BCUT2D eigenvalue weighted by Gasteiger charge is -2.13. The molecule has 1 amide bonds. The van der Waals surface area contributed by atoms with Crippen molar-refractivity contribution in [2.24, 2.45) is 0 Å². The summed E-state index contributed by atoms with van der Waals surface area (Å²) in [4.78, 5) is 12.2. The zero-order chi connectivity index (χ0) is 16.9. The van der Waals surface area contributed by atoms with Gasteiger partial charge in [0.2, 0.25) is 0 Å². The first-order valence-electron chi connectivity index (χ1n) is 8.17. The molecule has 0 saturated carbocycles. The van der Waals surface area contributed by atoms with Gasteiger partial charge in [0.25, 0.3) is 5.91 Å². The summed E-state index contributed by atoms with van der Waals surface area (Å²) in [6, 6.07) is 20.0. The van der Waals surface area contributed by atoms with Crippen LogP contribution in [0.2, 0.25) is 0 Å². The summed E-state index contributed by atoms with van der Waals surface area (Å²) < 4.78 is 5.65. The number of ether oxygens (including phenoxy) is 1. The third-order valence-corrected chi connectivity index (χ3v) is 4.10. The van der Waals surface area contributed by atoms with Gasteiger partial charge in [-0.25, -0.2) is 0 Å². The van der Waals surface area contributed by atoms with Crippen molar-refractivity contribution >= 4 is 22.4 Å². The number of anilines is 1. The number of carbonyl (C=O) groups excluding carboxylic acids is 1. The predicted molar refractivity (Wildman–Crippen MR) is 98.6 cm³/mol. The monoisotopic (exact) mass is 319 g/mol. The summed E-state index contributed by atoms with van der Waals surface area (Å²) >= 11 is 0. The van der Waals surface area contributed by atoms with Crippen LogP contribution in [0, 0.1) is 6.92 Å². The molecule has 0 aromatic heterocycles. The maximum atomic E-state index is 12.2. The SMILES string of the molecule is CCc1cccc(C)c1NC(=O)COc1ccc2ccccc2c1. The van der Waals surface area contributed by atoms with Gasteiger partial charge >= 0.3 is 0 Å². The van der Waals surface area contributed by atoms with Gasteiger partial charge in [0.1, 0.15) is 5.75 Å². The second-order valence-electron chi connectivity index (χ2n) is 5.81. The van der Waals surface area contributed by atoms with Gasteiger partial charge in [-0.05, 0) is 47.4 Å². The molecule has 24 heavy (non-hydrogen) atoms. The molecule has 3 aromatic rings. The number of amides is 1. The number of hydrogen-bond donors (Lipinski definition) is 1. The van der Waals surface area contributed by atoms with Crippen LogP contribution < -0.4 is 10.1 Å². The fourth-order valence-electron chi connectivity index (χ4n) is 2.78. The van der Waals surface area contributed by atoms with E-state index >= 15 is 0 Å². The molecule has 0 atom stereocenters. The highest BCUT2D eigenvalue weighted by Gasteiger charge is 2.09. The van der Waals surface area contributed by atoms with E-state index in [9.17, 15) is 4.79 Å². The van der Waals surface area contributed by atoms with E-state index in [-0.39, 0.29) is 12.5 Å². The van der Waals surface area contributed by atoms with E-state index < -0.39 is 0 Å². The quantitative estimate of drug-likeness (QED) is 0.738. The van der Waals surface area contributed by atoms with Crippen LogP contribution >= 0.6 is 0 Å². The molecule has 3 aromatic carbocycles. The highest BCUT2D eigenvalue weighted by molar-refractivity contribution is 5.93. The first-order valence-corrected chi connectivity index (χ1v) is 8.17. The molecular formula is C21H21NO2. The Morgan fingerprint density at radius 2 is 1.79 bits per heavy atom. The van der Waals surface area contributed by atoms with Gasteiger partial charge in [0, 0.05) is 5.69 Å². The lowest BCUT2D eigenvalue weighted by atomic mass is 10.1. The van der Waals surface area contributed by atoms with Gasteiger partial charge in [-0.15, -0.1) is 0 Å². The molecule has 0 fully saturated rings. The molecule has 0 aliphatic heterocycles. The van der Waals surface area contributed by atoms with Crippen molar-refractivity contribution < 1.29 is 9.53 Å². The number of benzene rings is 3. The lowest BCUT2D eigenvalue weighted by molar-refractivity contribution is -0.118. The first-order chi connectivity index (χ1) is 11.7. The fraction of sp³-hybridized carbons (Fsp3) is 0.190. The van der Waals surface area contributed by atoms with Crippen LogP contribution in [-0.2, 0) is 11.2 Å². The molecule has 0 aliphatic carbocycles. The second-order valence-corrected chi connectivity index (χ2v) is 5.81. The Bertz CT molecular complexity index is 871. The number of rotatable bonds is 5. The van der Waals surface area contributed by atoms with Crippen molar-refractivity contribution in [2.45, 2.75) is 20.3 Å². The van der Waals surface area contributed by atoms with Crippen molar-refractivity contribution in [3.63, 3.8) is 0 Å². The molecule has 0 aliphatic rings. The summed E-state index contributed by atoms with van der Waals surface area (Å²) in [5.74, 6) is 0.552. The largest absolute Gasteiger partial charge is 0.484 e. The van der Waals surface area contributed by atoms with E-state index in [0.29, 0.717) is 5.75 Å². The standard InChI is InChI=1S/C21H21NO2/c1-3-16-10-6-7-15(2)21(16)22-20(23)14-24-19-12-11-17-8-4-5-9-18(17)13-19/h4-13H,3,14H2,1-2H3,(H,22,23). The van der Waals surface area contributed by atoms with E-state index in [1.54, 1.807) is 0 Å². The van der Waals surface area contributed by atoms with Gasteiger partial charge in [-0.1, -0.05) is 55.5 Å². The maximum absolute atomic E-state index is 12.2. The zero-order valence-electron chi connectivity index (χ0n) is 14.0. The summed E-state index contributed by atoms with van der Waals surface area (Å²) in [5.41, 5.74) is 3.09. The summed E-state index contributed by atoms with van der Waals surface area (Å²) in [6.45, 7) is 4.07. The molecule has 0 unspecified atom stereocenters. The maximum Gasteiger partial charge on any atom is 0.262 e. The minimum absolute atomic E-state index is 0.00414. The summed E-state index contributed by atoms with van der Waals surface area (Å²) in [5, 5.41) is 5.23. The molecule has 3 rings (SSSR count). The number of aryl methyl sites for hydroxylation is 2. The molecule has 3 nitrogen and oxygen atoms in total. The van der Waals surface area contributed by atoms with Gasteiger partial charge in [-0.2, -0.15) is 0 Å². The van der Waals surface area contributed by atoms with Crippen LogP contribution in [0.15, 0.2) is 60.7 Å². The third-order valence-electron chi connectivity index (χ3n) is 4.10. The van der Waals surface area contributed by atoms with Crippen LogP contribution in [-0.4, -0.2) is 12.5 Å². The number of fused-ring (bicyclic) bond motifs is 1. The van der Waals surface area contributed by atoms with Crippen LogP contribution in [0.3, 0.4) is 0 Å². The Labute approximate surface area is 142 Å². The topological polar surface area (TPSA) is 38.3 Å². The number of para-hydroxylation sites is 1. The normalized spacial score (nSPS) is 10.6. The highest BCUT2D eigenvalue weighted by atomic mass is 16.5. The van der Waals surface area contributed by atoms with Crippen molar-refractivity contribution in [1.29, 1.82) is 0 Å². The van der Waals surface area contributed by atoms with Crippen molar-refractivity contribution in [2.75, 3.05) is 11.9 Å². The van der Waals surface area contributed by atoms with E-state index in [0.717, 1.165) is 34.0 Å². The van der Waals surface area contributed by atoms with Gasteiger partial charge in [-0.3, -0.25) is 4.79 Å². The molecule has 0 saturated heterocycles. The molecular weight excluding hydrogens is 298 g/mol. The van der Waals surface area contributed by atoms with Crippen LogP contribution in [0.5, 0.6) is 5.75 Å². The van der Waals surface area contributed by atoms with E-state index in [1.807, 2.05) is 61.5 Å². The number of hydrogen-bond acceptors (Lipinski definition) is 2. The van der Waals surface area contributed by atoms with Crippen LogP contribution in [0.4, 0.5) is 5.69 Å². The fourth-order valence-corrected chi connectivity index (χ4v) is 2.78. The molecule has 0 radical (unpaired) electrons. The van der Waals surface area contributed by atoms with Gasteiger partial charge in [0.15, 0.2) is 6.61 Å². The molecule has 0 heterocycles. The van der Waals surface area contributed by atoms with Crippen molar-refractivity contribution in [3.8, 4) is 5.75 Å². The number of carbonyl (C=O) groups is 1. The first kappa shape index (κ1) is 16.1. The van der Waals surface area contributed by atoms with Gasteiger partial charge in [0.05, 0.1) is 0 Å². The predicted octanol–water partition coefficient (Wildman–Crippen LogP) is 4.73.